The fourth-order valence-corrected chi connectivity index (χ4v) is 3.71. The Hall–Kier alpha value is -2.31. The summed E-state index contributed by atoms with van der Waals surface area (Å²) in [6.45, 7) is 7.06. The summed E-state index contributed by atoms with van der Waals surface area (Å²) < 4.78 is 5.53. The van der Waals surface area contributed by atoms with E-state index in [4.69, 9.17) is 4.74 Å². The van der Waals surface area contributed by atoms with Crippen LogP contribution in [0.15, 0.2) is 12.5 Å². The average molecular weight is 371 g/mol. The Morgan fingerprint density at radius 2 is 2.15 bits per heavy atom. The Kier molecular flexibility index (Phi) is 4.70. The van der Waals surface area contributed by atoms with E-state index in [1.165, 1.54) is 18.4 Å². The Balaban J connectivity index is 1.48. The molecule has 0 bridgehead atoms. The van der Waals surface area contributed by atoms with Crippen molar-refractivity contribution in [1.29, 1.82) is 0 Å². The number of rotatable bonds is 4. The highest BCUT2D eigenvalue weighted by Crippen LogP contribution is 2.36. The molecule has 146 valence electrons. The number of anilines is 1. The third-order valence-electron chi connectivity index (χ3n) is 5.17. The molecule has 0 radical (unpaired) electrons. The number of nitrogens with zero attached hydrogens (tertiary/aromatic N) is 3. The molecule has 1 amide bonds. The first kappa shape index (κ1) is 18.1. The number of ether oxygens (including phenoxy) is 1. The molecule has 2 aromatic heterocycles. The molecule has 2 aromatic rings. The maximum Gasteiger partial charge on any atom is 0.410 e. The molecule has 1 aliphatic carbocycles. The number of piperidine rings is 1. The monoisotopic (exact) mass is 371 g/mol. The van der Waals surface area contributed by atoms with Crippen LogP contribution in [0.3, 0.4) is 0 Å². The quantitative estimate of drug-likeness (QED) is 0.856. The number of hydrogen-bond acceptors (Lipinski definition) is 5. The highest BCUT2D eigenvalue weighted by Gasteiger charge is 2.29. The van der Waals surface area contributed by atoms with Crippen molar-refractivity contribution < 1.29 is 9.53 Å². The molecular weight excluding hydrogens is 342 g/mol. The number of amides is 1. The molecule has 1 saturated carbocycles. The minimum absolute atomic E-state index is 0.160. The Morgan fingerprint density at radius 3 is 2.89 bits per heavy atom. The van der Waals surface area contributed by atoms with E-state index in [1.54, 1.807) is 11.2 Å². The summed E-state index contributed by atoms with van der Waals surface area (Å²) in [5.74, 6) is 1.67. The zero-order chi connectivity index (χ0) is 19.0. The van der Waals surface area contributed by atoms with Crippen LogP contribution in [0, 0.1) is 5.92 Å². The van der Waals surface area contributed by atoms with Crippen molar-refractivity contribution in [2.45, 2.75) is 64.5 Å². The first-order valence-electron chi connectivity index (χ1n) is 9.94. The van der Waals surface area contributed by atoms with Gasteiger partial charge in [-0.3, -0.25) is 0 Å². The first-order chi connectivity index (χ1) is 12.9. The zero-order valence-electron chi connectivity index (χ0n) is 16.4. The number of nitrogens with one attached hydrogen (secondary N) is 2. The van der Waals surface area contributed by atoms with Gasteiger partial charge in [-0.05, 0) is 64.4 Å². The molecule has 1 saturated heterocycles. The topological polar surface area (TPSA) is 83.1 Å². The second kappa shape index (κ2) is 7.02. The summed E-state index contributed by atoms with van der Waals surface area (Å²) >= 11 is 0. The van der Waals surface area contributed by atoms with Crippen molar-refractivity contribution in [3.05, 3.63) is 18.1 Å². The van der Waals surface area contributed by atoms with Gasteiger partial charge in [-0.25, -0.2) is 14.8 Å². The molecule has 0 aromatic carbocycles. The molecule has 3 heterocycles. The fourth-order valence-electron chi connectivity index (χ4n) is 3.71. The second-order valence-electron chi connectivity index (χ2n) is 8.82. The molecule has 2 aliphatic rings. The molecule has 1 aliphatic heterocycles. The van der Waals surface area contributed by atoms with Gasteiger partial charge in [-0.15, -0.1) is 0 Å². The standard InChI is InChI=1S/C20H29N5O2/c1-20(2,3)27-19(26)25-8-4-5-15(11-25)24-18-16-14(9-13-6-7-13)10-21-17(16)22-12-23-18/h10,12-13,15H,4-9,11H2,1-3H3,(H2,21,22,23,24)/t15-/m1/s1. The van der Waals surface area contributed by atoms with E-state index < -0.39 is 5.60 Å². The van der Waals surface area contributed by atoms with Crippen LogP contribution < -0.4 is 5.32 Å². The van der Waals surface area contributed by atoms with Gasteiger partial charge in [0.05, 0.1) is 5.39 Å². The lowest BCUT2D eigenvalue weighted by atomic mass is 10.1. The van der Waals surface area contributed by atoms with Crippen LogP contribution in [0.1, 0.15) is 52.0 Å². The van der Waals surface area contributed by atoms with E-state index in [0.717, 1.165) is 48.6 Å². The van der Waals surface area contributed by atoms with Gasteiger partial charge < -0.3 is 19.9 Å². The molecule has 1 atom stereocenters. The minimum Gasteiger partial charge on any atom is -0.444 e. The molecular formula is C20H29N5O2. The number of carbonyl (C=O) groups excluding carboxylic acids is 1. The maximum atomic E-state index is 12.4. The molecule has 0 unspecified atom stereocenters. The predicted octanol–water partition coefficient (Wildman–Crippen LogP) is 3.72. The summed E-state index contributed by atoms with van der Waals surface area (Å²) in [5.41, 5.74) is 1.69. The van der Waals surface area contributed by atoms with E-state index in [9.17, 15) is 4.79 Å². The van der Waals surface area contributed by atoms with Crippen molar-refractivity contribution >= 4 is 22.9 Å². The van der Waals surface area contributed by atoms with Gasteiger partial charge in [0, 0.05) is 25.3 Å². The lowest BCUT2D eigenvalue weighted by molar-refractivity contribution is 0.0206. The van der Waals surface area contributed by atoms with E-state index in [-0.39, 0.29) is 12.1 Å². The average Bonchev–Trinajstić information content (AvgIpc) is 3.32. The van der Waals surface area contributed by atoms with E-state index in [0.29, 0.717) is 6.54 Å². The van der Waals surface area contributed by atoms with E-state index in [1.807, 2.05) is 20.8 Å². The number of aromatic amines is 1. The number of likely N-dealkylation sites (tertiary alicyclic amines) is 1. The van der Waals surface area contributed by atoms with Crippen LogP contribution in [0.2, 0.25) is 0 Å². The lowest BCUT2D eigenvalue weighted by Gasteiger charge is -2.34. The second-order valence-corrected chi connectivity index (χ2v) is 8.82. The van der Waals surface area contributed by atoms with E-state index in [2.05, 4.69) is 26.5 Å². The van der Waals surface area contributed by atoms with Crippen LogP contribution in [0.4, 0.5) is 10.6 Å². The molecule has 27 heavy (non-hydrogen) atoms. The molecule has 7 nitrogen and oxygen atoms in total. The summed E-state index contributed by atoms with van der Waals surface area (Å²) in [6, 6.07) is 0.160. The van der Waals surface area contributed by atoms with Crippen LogP contribution in [0.25, 0.3) is 11.0 Å². The Labute approximate surface area is 159 Å². The van der Waals surface area contributed by atoms with Gasteiger partial charge in [-0.2, -0.15) is 0 Å². The SMILES string of the molecule is CC(C)(C)OC(=O)N1CCC[C@@H](Nc2ncnc3[nH]cc(CC4CC4)c23)C1. The van der Waals surface area contributed by atoms with Crippen LogP contribution in [-0.4, -0.2) is 50.7 Å². The Morgan fingerprint density at radius 1 is 1.33 bits per heavy atom. The van der Waals surface area contributed by atoms with Gasteiger partial charge in [0.25, 0.3) is 0 Å². The van der Waals surface area contributed by atoms with Gasteiger partial charge in [0.15, 0.2) is 0 Å². The molecule has 0 spiro atoms. The van der Waals surface area contributed by atoms with Gasteiger partial charge in [0.2, 0.25) is 0 Å². The van der Waals surface area contributed by atoms with Crippen molar-refractivity contribution in [2.75, 3.05) is 18.4 Å². The molecule has 2 N–H and O–H groups in total. The fraction of sp³-hybridized carbons (Fsp3) is 0.650. The number of hydrogen-bond donors (Lipinski definition) is 2. The van der Waals surface area contributed by atoms with Gasteiger partial charge in [-0.1, -0.05) is 0 Å². The number of fused-ring (bicyclic) bond motifs is 1. The normalized spacial score (nSPS) is 20.7. The third kappa shape index (κ3) is 4.34. The highest BCUT2D eigenvalue weighted by molar-refractivity contribution is 5.90. The van der Waals surface area contributed by atoms with Gasteiger partial charge >= 0.3 is 6.09 Å². The number of H-pyrrole nitrogens is 1. The maximum absolute atomic E-state index is 12.4. The summed E-state index contributed by atoms with van der Waals surface area (Å²) in [6.07, 6.45) is 9.09. The zero-order valence-corrected chi connectivity index (χ0v) is 16.4. The minimum atomic E-state index is -0.473. The molecule has 7 heteroatoms. The summed E-state index contributed by atoms with van der Waals surface area (Å²) in [4.78, 5) is 26.4. The Bertz CT molecular complexity index is 821. The first-order valence-corrected chi connectivity index (χ1v) is 9.94. The van der Waals surface area contributed by atoms with Crippen molar-refractivity contribution in [1.82, 2.24) is 19.9 Å². The molecule has 4 rings (SSSR count). The molecule has 2 fully saturated rings. The van der Waals surface area contributed by atoms with Crippen LogP contribution in [0.5, 0.6) is 0 Å². The highest BCUT2D eigenvalue weighted by atomic mass is 16.6. The van der Waals surface area contributed by atoms with Crippen molar-refractivity contribution in [2.24, 2.45) is 5.92 Å². The predicted molar refractivity (Wildman–Crippen MR) is 105 cm³/mol. The van der Waals surface area contributed by atoms with Crippen molar-refractivity contribution in [3.8, 4) is 0 Å². The largest absolute Gasteiger partial charge is 0.444 e. The van der Waals surface area contributed by atoms with Gasteiger partial charge in [0.1, 0.15) is 23.4 Å². The summed E-state index contributed by atoms with van der Waals surface area (Å²) in [5, 5.41) is 4.67. The van der Waals surface area contributed by atoms with Crippen LogP contribution in [-0.2, 0) is 11.2 Å². The third-order valence-corrected chi connectivity index (χ3v) is 5.17. The summed E-state index contributed by atoms with van der Waals surface area (Å²) in [7, 11) is 0. The lowest BCUT2D eigenvalue weighted by Crippen LogP contribution is -2.47. The smallest absolute Gasteiger partial charge is 0.410 e. The van der Waals surface area contributed by atoms with E-state index >= 15 is 0 Å². The van der Waals surface area contributed by atoms with Crippen LogP contribution >= 0.6 is 0 Å². The number of aromatic nitrogens is 3. The van der Waals surface area contributed by atoms with Crippen molar-refractivity contribution in [3.63, 3.8) is 0 Å². The number of carbonyl (C=O) groups is 1.